The number of aliphatic hydroxyl groups is 1. The first-order valence-electron chi connectivity index (χ1n) is 4.30. The SMILES string of the molecule is CN(CCO)C(=O)c1ccc(O)cc1. The Balaban J connectivity index is 2.74. The molecule has 0 spiro atoms. The molecule has 0 aromatic heterocycles. The lowest BCUT2D eigenvalue weighted by molar-refractivity contribution is 0.0767. The van der Waals surface area contributed by atoms with Crippen LogP contribution in [-0.2, 0) is 0 Å². The highest BCUT2D eigenvalue weighted by Gasteiger charge is 2.10. The predicted octanol–water partition coefficient (Wildman–Crippen LogP) is 0.456. The van der Waals surface area contributed by atoms with E-state index in [1.807, 2.05) is 0 Å². The van der Waals surface area contributed by atoms with Gasteiger partial charge in [0, 0.05) is 19.2 Å². The van der Waals surface area contributed by atoms with E-state index in [0.29, 0.717) is 12.1 Å². The molecule has 0 unspecified atom stereocenters. The molecule has 0 aliphatic carbocycles. The van der Waals surface area contributed by atoms with Gasteiger partial charge in [0.25, 0.3) is 5.91 Å². The van der Waals surface area contributed by atoms with E-state index in [2.05, 4.69) is 0 Å². The molecule has 4 nitrogen and oxygen atoms in total. The zero-order chi connectivity index (χ0) is 10.6. The molecule has 0 fully saturated rings. The van der Waals surface area contributed by atoms with Gasteiger partial charge in [-0.25, -0.2) is 0 Å². The van der Waals surface area contributed by atoms with Gasteiger partial charge in [-0.2, -0.15) is 0 Å². The number of nitrogens with zero attached hydrogens (tertiary/aromatic N) is 1. The van der Waals surface area contributed by atoms with Crippen LogP contribution in [0.5, 0.6) is 5.75 Å². The minimum atomic E-state index is -0.168. The maximum absolute atomic E-state index is 11.6. The molecular formula is C10H13NO3. The van der Waals surface area contributed by atoms with Gasteiger partial charge < -0.3 is 15.1 Å². The van der Waals surface area contributed by atoms with Crippen LogP contribution in [0.3, 0.4) is 0 Å². The quantitative estimate of drug-likeness (QED) is 0.736. The van der Waals surface area contributed by atoms with E-state index in [1.165, 1.54) is 17.0 Å². The summed E-state index contributed by atoms with van der Waals surface area (Å²) in [5.74, 6) is -0.0367. The Hall–Kier alpha value is -1.55. The van der Waals surface area contributed by atoms with Crippen LogP contribution in [0, 0.1) is 0 Å². The molecule has 4 heteroatoms. The molecular weight excluding hydrogens is 182 g/mol. The van der Waals surface area contributed by atoms with Crippen LogP contribution in [-0.4, -0.2) is 41.2 Å². The molecule has 0 aliphatic heterocycles. The maximum atomic E-state index is 11.6. The van der Waals surface area contributed by atoms with E-state index < -0.39 is 0 Å². The number of phenols is 1. The van der Waals surface area contributed by atoms with Crippen LogP contribution < -0.4 is 0 Å². The topological polar surface area (TPSA) is 60.8 Å². The van der Waals surface area contributed by atoms with Gasteiger partial charge in [-0.05, 0) is 24.3 Å². The lowest BCUT2D eigenvalue weighted by Crippen LogP contribution is -2.29. The fraction of sp³-hybridized carbons (Fsp3) is 0.300. The predicted molar refractivity (Wildman–Crippen MR) is 52.2 cm³/mol. The van der Waals surface area contributed by atoms with E-state index in [0.717, 1.165) is 0 Å². The molecule has 14 heavy (non-hydrogen) atoms. The molecule has 0 saturated carbocycles. The van der Waals surface area contributed by atoms with Crippen molar-refractivity contribution in [2.45, 2.75) is 0 Å². The van der Waals surface area contributed by atoms with E-state index in [4.69, 9.17) is 10.2 Å². The van der Waals surface area contributed by atoms with Crippen LogP contribution in [0.1, 0.15) is 10.4 Å². The minimum Gasteiger partial charge on any atom is -0.508 e. The first-order valence-corrected chi connectivity index (χ1v) is 4.30. The molecule has 1 aromatic rings. The number of hydrogen-bond donors (Lipinski definition) is 2. The van der Waals surface area contributed by atoms with Crippen molar-refractivity contribution >= 4 is 5.91 Å². The van der Waals surface area contributed by atoms with Crippen molar-refractivity contribution in [3.63, 3.8) is 0 Å². The van der Waals surface area contributed by atoms with Crippen LogP contribution in [0.25, 0.3) is 0 Å². The third-order valence-corrected chi connectivity index (χ3v) is 1.90. The van der Waals surface area contributed by atoms with Crippen molar-refractivity contribution in [3.8, 4) is 5.75 Å². The molecule has 0 radical (unpaired) electrons. The van der Waals surface area contributed by atoms with Crippen LogP contribution >= 0.6 is 0 Å². The summed E-state index contributed by atoms with van der Waals surface area (Å²) in [6.45, 7) is 0.250. The van der Waals surface area contributed by atoms with Crippen LogP contribution in [0.4, 0.5) is 0 Å². The molecule has 76 valence electrons. The zero-order valence-electron chi connectivity index (χ0n) is 7.97. The molecule has 0 bridgehead atoms. The first kappa shape index (κ1) is 10.5. The molecule has 1 amide bonds. The largest absolute Gasteiger partial charge is 0.508 e. The van der Waals surface area contributed by atoms with Gasteiger partial charge in [-0.1, -0.05) is 0 Å². The standard InChI is InChI=1S/C10H13NO3/c1-11(6-7-12)10(14)8-2-4-9(13)5-3-8/h2-5,12-13H,6-7H2,1H3. The molecule has 0 aliphatic rings. The molecule has 1 aromatic carbocycles. The zero-order valence-corrected chi connectivity index (χ0v) is 7.97. The fourth-order valence-electron chi connectivity index (χ4n) is 1.08. The maximum Gasteiger partial charge on any atom is 0.253 e. The minimum absolute atomic E-state index is 0.0552. The number of amides is 1. The highest BCUT2D eigenvalue weighted by atomic mass is 16.3. The van der Waals surface area contributed by atoms with Crippen molar-refractivity contribution < 1.29 is 15.0 Å². The summed E-state index contributed by atoms with van der Waals surface area (Å²) < 4.78 is 0. The monoisotopic (exact) mass is 195 g/mol. The lowest BCUT2D eigenvalue weighted by atomic mass is 10.2. The van der Waals surface area contributed by atoms with E-state index in [9.17, 15) is 4.79 Å². The Morgan fingerprint density at radius 3 is 2.43 bits per heavy atom. The van der Waals surface area contributed by atoms with E-state index in [-0.39, 0.29) is 18.3 Å². The third-order valence-electron chi connectivity index (χ3n) is 1.90. The number of aliphatic hydroxyl groups excluding tert-OH is 1. The second kappa shape index (κ2) is 4.62. The summed E-state index contributed by atoms with van der Waals surface area (Å²) in [7, 11) is 1.62. The Labute approximate surface area is 82.4 Å². The molecule has 2 N–H and O–H groups in total. The summed E-state index contributed by atoms with van der Waals surface area (Å²) in [6, 6.07) is 6.01. The number of phenolic OH excluding ortho intramolecular Hbond substituents is 1. The highest BCUT2D eigenvalue weighted by molar-refractivity contribution is 5.94. The van der Waals surface area contributed by atoms with Gasteiger partial charge in [0.2, 0.25) is 0 Å². The van der Waals surface area contributed by atoms with Gasteiger partial charge in [-0.3, -0.25) is 4.79 Å². The number of rotatable bonds is 3. The fourth-order valence-corrected chi connectivity index (χ4v) is 1.08. The molecule has 0 atom stereocenters. The summed E-state index contributed by atoms with van der Waals surface area (Å²) in [5.41, 5.74) is 0.499. The Kier molecular flexibility index (Phi) is 3.48. The summed E-state index contributed by atoms with van der Waals surface area (Å²) in [4.78, 5) is 13.0. The number of hydrogen-bond acceptors (Lipinski definition) is 3. The van der Waals surface area contributed by atoms with Crippen LogP contribution in [0.15, 0.2) is 24.3 Å². The van der Waals surface area contributed by atoms with Gasteiger partial charge >= 0.3 is 0 Å². The highest BCUT2D eigenvalue weighted by Crippen LogP contribution is 2.10. The summed E-state index contributed by atoms with van der Waals surface area (Å²) in [6.07, 6.45) is 0. The van der Waals surface area contributed by atoms with Crippen molar-refractivity contribution in [2.75, 3.05) is 20.2 Å². The molecule has 0 saturated heterocycles. The average Bonchev–Trinajstić information content (AvgIpc) is 2.18. The summed E-state index contributed by atoms with van der Waals surface area (Å²) >= 11 is 0. The smallest absolute Gasteiger partial charge is 0.253 e. The number of likely N-dealkylation sites (N-methyl/N-ethyl adjacent to an activating group) is 1. The van der Waals surface area contributed by atoms with Gasteiger partial charge in [0.05, 0.1) is 6.61 Å². The number of carbonyl (C=O) groups excluding carboxylic acids is 1. The van der Waals surface area contributed by atoms with Crippen molar-refractivity contribution in [1.82, 2.24) is 4.90 Å². The Bertz CT molecular complexity index is 308. The number of aromatic hydroxyl groups is 1. The second-order valence-electron chi connectivity index (χ2n) is 3.00. The molecule has 0 heterocycles. The normalized spacial score (nSPS) is 9.86. The second-order valence-corrected chi connectivity index (χ2v) is 3.00. The van der Waals surface area contributed by atoms with E-state index >= 15 is 0 Å². The first-order chi connectivity index (χ1) is 6.65. The number of carbonyl (C=O) groups is 1. The third kappa shape index (κ3) is 2.47. The summed E-state index contributed by atoms with van der Waals surface area (Å²) in [5, 5.41) is 17.7. The Morgan fingerprint density at radius 2 is 1.93 bits per heavy atom. The van der Waals surface area contributed by atoms with Crippen LogP contribution in [0.2, 0.25) is 0 Å². The molecule has 1 rings (SSSR count). The Morgan fingerprint density at radius 1 is 1.36 bits per heavy atom. The average molecular weight is 195 g/mol. The van der Waals surface area contributed by atoms with Gasteiger partial charge in [-0.15, -0.1) is 0 Å². The van der Waals surface area contributed by atoms with Gasteiger partial charge in [0.1, 0.15) is 5.75 Å². The van der Waals surface area contributed by atoms with Crippen molar-refractivity contribution in [3.05, 3.63) is 29.8 Å². The van der Waals surface area contributed by atoms with Crippen molar-refractivity contribution in [1.29, 1.82) is 0 Å². The van der Waals surface area contributed by atoms with Crippen molar-refractivity contribution in [2.24, 2.45) is 0 Å². The number of benzene rings is 1. The van der Waals surface area contributed by atoms with E-state index in [1.54, 1.807) is 19.2 Å². The van der Waals surface area contributed by atoms with Gasteiger partial charge in [0.15, 0.2) is 0 Å². The lowest BCUT2D eigenvalue weighted by Gasteiger charge is -2.15.